The third kappa shape index (κ3) is 2.82. The minimum Gasteiger partial charge on any atom is -0.127 e. The van der Waals surface area contributed by atoms with Crippen LogP contribution in [0.1, 0.15) is 17.2 Å². The van der Waals surface area contributed by atoms with E-state index in [1.807, 2.05) is 0 Å². The van der Waals surface area contributed by atoms with Gasteiger partial charge in [-0.25, -0.2) is 0 Å². The van der Waals surface area contributed by atoms with Crippen LogP contribution in [0.3, 0.4) is 0 Å². The monoisotopic (exact) mass is 312 g/mol. The standard InChI is InChI=1S/C13H17BrSSi/c1-16(2,3)13-8-7-12(15-13)10-5-4-6-11(14)9-10/h4-6,8-9,12H,7H2,1-3H3. The highest BCUT2D eigenvalue weighted by molar-refractivity contribution is 9.10. The Morgan fingerprint density at radius 1 is 1.31 bits per heavy atom. The first-order valence-electron chi connectivity index (χ1n) is 5.59. The Balaban J connectivity index is 2.12. The highest BCUT2D eigenvalue weighted by Crippen LogP contribution is 2.47. The van der Waals surface area contributed by atoms with Gasteiger partial charge in [0.2, 0.25) is 0 Å². The first kappa shape index (κ1) is 12.5. The lowest BCUT2D eigenvalue weighted by atomic mass is 10.1. The fraction of sp³-hybridized carbons (Fsp3) is 0.385. The second kappa shape index (κ2) is 4.71. The van der Waals surface area contributed by atoms with Crippen molar-refractivity contribution in [1.29, 1.82) is 0 Å². The maximum atomic E-state index is 3.55. The van der Waals surface area contributed by atoms with Gasteiger partial charge in [0.05, 0.1) is 8.07 Å². The highest BCUT2D eigenvalue weighted by atomic mass is 79.9. The molecule has 0 aliphatic carbocycles. The van der Waals surface area contributed by atoms with Gasteiger partial charge in [-0.2, -0.15) is 0 Å². The Hall–Kier alpha value is 0.00688. The van der Waals surface area contributed by atoms with E-state index in [1.54, 1.807) is 4.53 Å². The number of hydrogen-bond donors (Lipinski definition) is 0. The molecule has 1 atom stereocenters. The van der Waals surface area contributed by atoms with Crippen LogP contribution >= 0.6 is 27.7 Å². The molecule has 1 aromatic rings. The summed E-state index contributed by atoms with van der Waals surface area (Å²) in [4.78, 5) is 0. The molecule has 0 aromatic heterocycles. The average Bonchev–Trinajstić information content (AvgIpc) is 2.65. The van der Waals surface area contributed by atoms with Crippen LogP contribution in [0.5, 0.6) is 0 Å². The Morgan fingerprint density at radius 2 is 2.06 bits per heavy atom. The fourth-order valence-corrected chi connectivity index (χ4v) is 5.82. The molecule has 0 saturated heterocycles. The molecule has 1 aliphatic rings. The van der Waals surface area contributed by atoms with Crippen molar-refractivity contribution in [3.05, 3.63) is 44.9 Å². The fourth-order valence-electron chi connectivity index (χ4n) is 1.86. The number of thioether (sulfide) groups is 1. The molecule has 0 amide bonds. The topological polar surface area (TPSA) is 0 Å². The number of allylic oxidation sites excluding steroid dienone is 1. The van der Waals surface area contributed by atoms with E-state index in [0.717, 1.165) is 0 Å². The summed E-state index contributed by atoms with van der Waals surface area (Å²) >= 11 is 5.63. The van der Waals surface area contributed by atoms with Gasteiger partial charge < -0.3 is 0 Å². The van der Waals surface area contributed by atoms with Gasteiger partial charge in [0, 0.05) is 9.72 Å². The molecule has 0 radical (unpaired) electrons. The Bertz CT molecular complexity index is 420. The van der Waals surface area contributed by atoms with Gasteiger partial charge in [-0.3, -0.25) is 0 Å². The molecule has 0 N–H and O–H groups in total. The van der Waals surface area contributed by atoms with Crippen LogP contribution in [0.2, 0.25) is 19.6 Å². The summed E-state index contributed by atoms with van der Waals surface area (Å²) in [5.41, 5.74) is 1.45. The molecule has 3 heteroatoms. The first-order chi connectivity index (χ1) is 7.47. The van der Waals surface area contributed by atoms with Crippen molar-refractivity contribution in [2.24, 2.45) is 0 Å². The summed E-state index contributed by atoms with van der Waals surface area (Å²) in [5, 5.41) is 0.638. The van der Waals surface area contributed by atoms with Gasteiger partial charge >= 0.3 is 0 Å². The third-order valence-electron chi connectivity index (χ3n) is 2.75. The number of benzene rings is 1. The average molecular weight is 313 g/mol. The van der Waals surface area contributed by atoms with Crippen LogP contribution in [0, 0.1) is 0 Å². The van der Waals surface area contributed by atoms with E-state index in [4.69, 9.17) is 0 Å². The van der Waals surface area contributed by atoms with Crippen LogP contribution in [0.4, 0.5) is 0 Å². The Kier molecular flexibility index (Phi) is 3.67. The van der Waals surface area contributed by atoms with Crippen LogP contribution in [0.25, 0.3) is 0 Å². The van der Waals surface area contributed by atoms with Crippen LogP contribution in [0.15, 0.2) is 39.3 Å². The highest BCUT2D eigenvalue weighted by Gasteiger charge is 2.28. The summed E-state index contributed by atoms with van der Waals surface area (Å²) in [6.07, 6.45) is 3.66. The van der Waals surface area contributed by atoms with Gasteiger partial charge in [-0.05, 0) is 28.6 Å². The van der Waals surface area contributed by atoms with Crippen LogP contribution in [-0.4, -0.2) is 8.07 Å². The first-order valence-corrected chi connectivity index (χ1v) is 10.8. The third-order valence-corrected chi connectivity index (χ3v) is 8.28. The van der Waals surface area contributed by atoms with E-state index in [9.17, 15) is 0 Å². The van der Waals surface area contributed by atoms with E-state index in [-0.39, 0.29) is 0 Å². The predicted octanol–water partition coefficient (Wildman–Crippen LogP) is 5.39. The minimum absolute atomic E-state index is 0.638. The summed E-state index contributed by atoms with van der Waals surface area (Å²) in [6, 6.07) is 8.71. The molecule has 1 heterocycles. The smallest absolute Gasteiger partial charge is 0.0853 e. The predicted molar refractivity (Wildman–Crippen MR) is 80.5 cm³/mol. The van der Waals surface area contributed by atoms with E-state index >= 15 is 0 Å². The molecule has 2 rings (SSSR count). The van der Waals surface area contributed by atoms with Crippen molar-refractivity contribution >= 4 is 35.8 Å². The largest absolute Gasteiger partial charge is 0.127 e. The van der Waals surface area contributed by atoms with Crippen molar-refractivity contribution < 1.29 is 0 Å². The second-order valence-corrected chi connectivity index (χ2v) is 12.8. The molecule has 0 nitrogen and oxygen atoms in total. The minimum atomic E-state index is -1.10. The summed E-state index contributed by atoms with van der Waals surface area (Å²) in [7, 11) is -1.10. The van der Waals surface area contributed by atoms with Gasteiger partial charge in [0.1, 0.15) is 0 Å². The Labute approximate surface area is 112 Å². The van der Waals surface area contributed by atoms with E-state index in [0.29, 0.717) is 5.25 Å². The van der Waals surface area contributed by atoms with Crippen molar-refractivity contribution in [3.63, 3.8) is 0 Å². The van der Waals surface area contributed by atoms with Crippen molar-refractivity contribution in [1.82, 2.24) is 0 Å². The zero-order valence-electron chi connectivity index (χ0n) is 9.96. The Morgan fingerprint density at radius 3 is 2.62 bits per heavy atom. The molecule has 0 bridgehead atoms. The number of rotatable bonds is 2. The molecule has 16 heavy (non-hydrogen) atoms. The zero-order valence-corrected chi connectivity index (χ0v) is 13.4. The van der Waals surface area contributed by atoms with Crippen LogP contribution in [-0.2, 0) is 0 Å². The molecule has 1 aliphatic heterocycles. The van der Waals surface area contributed by atoms with Crippen molar-refractivity contribution in [3.8, 4) is 0 Å². The number of hydrogen-bond acceptors (Lipinski definition) is 1. The second-order valence-electron chi connectivity index (χ2n) is 5.22. The SMILES string of the molecule is C[Si](C)(C)C1=CCC(c2cccc(Br)c2)S1. The molecule has 0 spiro atoms. The van der Waals surface area contributed by atoms with Crippen molar-refractivity contribution in [2.45, 2.75) is 31.3 Å². The molecule has 0 saturated carbocycles. The summed E-state index contributed by atoms with van der Waals surface area (Å²) in [5.74, 6) is 0. The maximum absolute atomic E-state index is 3.55. The van der Waals surface area contributed by atoms with E-state index in [1.165, 1.54) is 16.5 Å². The lowest BCUT2D eigenvalue weighted by Crippen LogP contribution is -2.20. The lowest BCUT2D eigenvalue weighted by molar-refractivity contribution is 0.989. The number of halogens is 1. The normalized spacial score (nSPS) is 21.0. The molecular formula is C13H17BrSSi. The van der Waals surface area contributed by atoms with Crippen molar-refractivity contribution in [2.75, 3.05) is 0 Å². The van der Waals surface area contributed by atoms with Gasteiger partial charge in [0.25, 0.3) is 0 Å². The molecule has 1 aromatic carbocycles. The van der Waals surface area contributed by atoms with Gasteiger partial charge in [-0.15, -0.1) is 11.8 Å². The zero-order chi connectivity index (χ0) is 11.8. The van der Waals surface area contributed by atoms with Crippen LogP contribution < -0.4 is 0 Å². The summed E-state index contributed by atoms with van der Waals surface area (Å²) in [6.45, 7) is 7.28. The molecule has 86 valence electrons. The van der Waals surface area contributed by atoms with Gasteiger partial charge in [-0.1, -0.05) is 53.8 Å². The van der Waals surface area contributed by atoms with Gasteiger partial charge in [0.15, 0.2) is 0 Å². The maximum Gasteiger partial charge on any atom is 0.0853 e. The quantitative estimate of drug-likeness (QED) is 0.660. The summed E-state index contributed by atoms with van der Waals surface area (Å²) < 4.78 is 2.85. The lowest BCUT2D eigenvalue weighted by Gasteiger charge is -2.19. The molecule has 1 unspecified atom stereocenters. The molecule has 0 fully saturated rings. The molecular weight excluding hydrogens is 296 g/mol. The van der Waals surface area contributed by atoms with E-state index in [2.05, 4.69) is 77.7 Å². The van der Waals surface area contributed by atoms with E-state index < -0.39 is 8.07 Å².